The van der Waals surface area contributed by atoms with Crippen molar-refractivity contribution in [2.45, 2.75) is 6.42 Å². The summed E-state index contributed by atoms with van der Waals surface area (Å²) in [6, 6.07) is 0.197. The van der Waals surface area contributed by atoms with Crippen molar-refractivity contribution in [3.05, 3.63) is 31.4 Å². The first-order chi connectivity index (χ1) is 8.29. The summed E-state index contributed by atoms with van der Waals surface area (Å²) in [5, 5.41) is 0. The van der Waals surface area contributed by atoms with E-state index in [9.17, 15) is 0 Å². The zero-order valence-corrected chi connectivity index (χ0v) is 9.15. The topological polar surface area (TPSA) is 91.7 Å². The molecule has 2 rings (SSSR count). The van der Waals surface area contributed by atoms with Gasteiger partial charge in [-0.1, -0.05) is 6.08 Å². The summed E-state index contributed by atoms with van der Waals surface area (Å²) in [7, 11) is 0. The highest BCUT2D eigenvalue weighted by Gasteiger charge is 2.06. The van der Waals surface area contributed by atoms with E-state index in [-0.39, 0.29) is 12.0 Å². The lowest BCUT2D eigenvalue weighted by Crippen LogP contribution is -2.08. The van der Waals surface area contributed by atoms with Crippen LogP contribution in [0, 0.1) is 0 Å². The molecule has 2 aromatic heterocycles. The number of hydrogen-bond acceptors (Lipinski definition) is 6. The van der Waals surface area contributed by atoms with Crippen LogP contribution in [-0.2, 0) is 0 Å². The summed E-state index contributed by atoms with van der Waals surface area (Å²) >= 11 is 0. The summed E-state index contributed by atoms with van der Waals surface area (Å²) in [5.74, 6) is 0.487. The second-order valence-corrected chi connectivity index (χ2v) is 3.17. The van der Waals surface area contributed by atoms with Gasteiger partial charge in [-0.25, -0.2) is 4.98 Å². The molecule has 7 nitrogen and oxygen atoms in total. The third kappa shape index (κ3) is 2.77. The monoisotopic (exact) mass is 232 g/mol. The molecule has 7 heteroatoms. The third-order valence-electron chi connectivity index (χ3n) is 1.91. The highest BCUT2D eigenvalue weighted by atomic mass is 16.5. The van der Waals surface area contributed by atoms with Gasteiger partial charge in [0.1, 0.15) is 6.33 Å². The summed E-state index contributed by atoms with van der Waals surface area (Å²) in [4.78, 5) is 15.9. The first-order valence-electron chi connectivity index (χ1n) is 5.03. The van der Waals surface area contributed by atoms with Gasteiger partial charge in [0.05, 0.1) is 6.61 Å². The van der Waals surface area contributed by atoms with Gasteiger partial charge in [-0.3, -0.25) is 4.57 Å². The van der Waals surface area contributed by atoms with Gasteiger partial charge in [0, 0.05) is 12.4 Å². The van der Waals surface area contributed by atoms with Crippen LogP contribution in [0.1, 0.15) is 6.42 Å². The second-order valence-electron chi connectivity index (χ2n) is 3.17. The van der Waals surface area contributed by atoms with Crippen molar-refractivity contribution in [2.75, 3.05) is 12.3 Å². The number of nitrogen functional groups attached to an aromatic ring is 1. The molecule has 0 aliphatic heterocycles. The van der Waals surface area contributed by atoms with Gasteiger partial charge in [0.2, 0.25) is 11.9 Å². The number of hydrogen-bond donors (Lipinski definition) is 1. The van der Waals surface area contributed by atoms with Crippen molar-refractivity contribution in [3.8, 4) is 12.0 Å². The van der Waals surface area contributed by atoms with Crippen LogP contribution in [0.2, 0.25) is 0 Å². The summed E-state index contributed by atoms with van der Waals surface area (Å²) in [6.45, 7) is 4.05. The van der Waals surface area contributed by atoms with Crippen molar-refractivity contribution in [2.24, 2.45) is 0 Å². The maximum Gasteiger partial charge on any atom is 0.323 e. The van der Waals surface area contributed by atoms with Gasteiger partial charge < -0.3 is 10.5 Å². The molecule has 0 radical (unpaired) electrons. The lowest BCUT2D eigenvalue weighted by Gasteiger charge is -2.05. The van der Waals surface area contributed by atoms with Crippen molar-refractivity contribution in [1.82, 2.24) is 24.5 Å². The van der Waals surface area contributed by atoms with Crippen molar-refractivity contribution < 1.29 is 4.74 Å². The lowest BCUT2D eigenvalue weighted by molar-refractivity contribution is 0.298. The SMILES string of the molecule is C=CCCOc1nc(N)nc(-n2ccnc2)n1. The van der Waals surface area contributed by atoms with Crippen LogP contribution in [0.4, 0.5) is 5.95 Å². The van der Waals surface area contributed by atoms with E-state index in [1.807, 2.05) is 0 Å². The highest BCUT2D eigenvalue weighted by Crippen LogP contribution is 2.08. The summed E-state index contributed by atoms with van der Waals surface area (Å²) < 4.78 is 6.94. The van der Waals surface area contributed by atoms with E-state index in [1.54, 1.807) is 29.4 Å². The predicted molar refractivity (Wildman–Crippen MR) is 61.7 cm³/mol. The Kier molecular flexibility index (Phi) is 3.29. The first-order valence-corrected chi connectivity index (χ1v) is 5.03. The fourth-order valence-electron chi connectivity index (χ4n) is 1.15. The molecule has 0 saturated heterocycles. The minimum Gasteiger partial charge on any atom is -0.463 e. The molecule has 0 spiro atoms. The minimum absolute atomic E-state index is 0.109. The average Bonchev–Trinajstić information content (AvgIpc) is 2.82. The molecular formula is C10H12N6O. The van der Waals surface area contributed by atoms with E-state index in [1.165, 1.54) is 0 Å². The van der Waals surface area contributed by atoms with Gasteiger partial charge >= 0.3 is 6.01 Å². The van der Waals surface area contributed by atoms with Gasteiger partial charge in [0.25, 0.3) is 0 Å². The number of nitrogens with zero attached hydrogens (tertiary/aromatic N) is 5. The van der Waals surface area contributed by atoms with E-state index < -0.39 is 0 Å². The largest absolute Gasteiger partial charge is 0.463 e. The molecule has 0 aliphatic carbocycles. The highest BCUT2D eigenvalue weighted by molar-refractivity contribution is 5.24. The number of ether oxygens (including phenoxy) is 1. The Morgan fingerprint density at radius 3 is 3.00 bits per heavy atom. The number of imidazole rings is 1. The molecule has 0 bridgehead atoms. The van der Waals surface area contributed by atoms with E-state index in [2.05, 4.69) is 26.5 Å². The van der Waals surface area contributed by atoms with Crippen molar-refractivity contribution in [1.29, 1.82) is 0 Å². The van der Waals surface area contributed by atoms with Crippen LogP contribution in [0.25, 0.3) is 5.95 Å². The Labute approximate surface area is 98.0 Å². The van der Waals surface area contributed by atoms with Crippen molar-refractivity contribution >= 4 is 5.95 Å². The smallest absolute Gasteiger partial charge is 0.323 e. The Morgan fingerprint density at radius 1 is 1.41 bits per heavy atom. The fraction of sp³-hybridized carbons (Fsp3) is 0.200. The van der Waals surface area contributed by atoms with Gasteiger partial charge in [-0.2, -0.15) is 15.0 Å². The van der Waals surface area contributed by atoms with E-state index in [0.717, 1.165) is 0 Å². The van der Waals surface area contributed by atoms with Gasteiger partial charge in [-0.15, -0.1) is 6.58 Å². The molecule has 0 aliphatic rings. The number of rotatable bonds is 5. The van der Waals surface area contributed by atoms with Crippen LogP contribution in [0.5, 0.6) is 6.01 Å². The lowest BCUT2D eigenvalue weighted by atomic mass is 10.5. The number of aromatic nitrogens is 5. The molecule has 17 heavy (non-hydrogen) atoms. The van der Waals surface area contributed by atoms with Crippen molar-refractivity contribution in [3.63, 3.8) is 0 Å². The van der Waals surface area contributed by atoms with Gasteiger partial charge in [-0.05, 0) is 6.42 Å². The normalized spacial score (nSPS) is 10.1. The molecule has 0 fully saturated rings. The second kappa shape index (κ2) is 5.06. The molecule has 0 atom stereocenters. The summed E-state index contributed by atoms with van der Waals surface area (Å²) in [6.07, 6.45) is 7.37. The van der Waals surface area contributed by atoms with Crippen LogP contribution in [0.15, 0.2) is 31.4 Å². The number of nitrogens with two attached hydrogens (primary N) is 1. The third-order valence-corrected chi connectivity index (χ3v) is 1.91. The van der Waals surface area contributed by atoms with Crippen LogP contribution < -0.4 is 10.5 Å². The van der Waals surface area contributed by atoms with E-state index in [4.69, 9.17) is 10.5 Å². The van der Waals surface area contributed by atoms with Crippen LogP contribution in [-0.4, -0.2) is 31.1 Å². The average molecular weight is 232 g/mol. The molecule has 2 aromatic rings. The zero-order chi connectivity index (χ0) is 12.1. The Hall–Kier alpha value is -2.44. The molecule has 0 saturated carbocycles. The Balaban J connectivity index is 2.20. The minimum atomic E-state index is 0.109. The number of anilines is 1. The molecular weight excluding hydrogens is 220 g/mol. The van der Waals surface area contributed by atoms with Gasteiger partial charge in [0.15, 0.2) is 0 Å². The van der Waals surface area contributed by atoms with Crippen LogP contribution in [0.3, 0.4) is 0 Å². The fourth-order valence-corrected chi connectivity index (χ4v) is 1.15. The standard InChI is InChI=1S/C10H12N6O/c1-2-3-6-17-10-14-8(11)13-9(15-10)16-5-4-12-7-16/h2,4-5,7H,1,3,6H2,(H2,11,13,14,15). The predicted octanol–water partition coefficient (Wildman–Crippen LogP) is 0.594. The quantitative estimate of drug-likeness (QED) is 0.599. The van der Waals surface area contributed by atoms with Crippen LogP contribution >= 0.6 is 0 Å². The molecule has 2 N–H and O–H groups in total. The van der Waals surface area contributed by atoms with E-state index >= 15 is 0 Å². The molecule has 2 heterocycles. The summed E-state index contributed by atoms with van der Waals surface area (Å²) in [5.41, 5.74) is 5.57. The Bertz CT molecular complexity index is 496. The molecule has 0 unspecified atom stereocenters. The van der Waals surface area contributed by atoms with E-state index in [0.29, 0.717) is 19.0 Å². The Morgan fingerprint density at radius 2 is 2.29 bits per heavy atom. The maximum atomic E-state index is 5.57. The first kappa shape index (κ1) is 11.1. The maximum absolute atomic E-state index is 5.57. The zero-order valence-electron chi connectivity index (χ0n) is 9.15. The molecule has 88 valence electrons. The molecule has 0 amide bonds. The molecule has 0 aromatic carbocycles.